The fourth-order valence-corrected chi connectivity index (χ4v) is 1.01. The average molecular weight is 210 g/mol. The van der Waals surface area contributed by atoms with Crippen LogP contribution in [0.25, 0.3) is 10.4 Å². The molecule has 5 nitrogen and oxygen atoms in total. The molecule has 0 atom stereocenters. The number of carbonyl (C=O) groups excluding carboxylic acids is 2. The molecule has 1 rings (SSSR count). The van der Waals surface area contributed by atoms with E-state index < -0.39 is 11.0 Å². The molecule has 70 valence electrons. The molecule has 14 heavy (non-hydrogen) atoms. The first-order valence-electron chi connectivity index (χ1n) is 3.55. The highest BCUT2D eigenvalue weighted by Crippen LogP contribution is 2.19. The van der Waals surface area contributed by atoms with Gasteiger partial charge in [0.05, 0.1) is 0 Å². The third-order valence-corrected chi connectivity index (χ3v) is 1.65. The van der Waals surface area contributed by atoms with Crippen molar-refractivity contribution in [1.29, 1.82) is 0 Å². The van der Waals surface area contributed by atoms with Crippen molar-refractivity contribution in [3.63, 3.8) is 0 Å². The molecule has 0 heterocycles. The van der Waals surface area contributed by atoms with Gasteiger partial charge in [0.1, 0.15) is 0 Å². The molecule has 0 aliphatic heterocycles. The highest BCUT2D eigenvalue weighted by Gasteiger charge is 2.15. The van der Waals surface area contributed by atoms with Crippen molar-refractivity contribution in [2.24, 2.45) is 5.11 Å². The van der Waals surface area contributed by atoms with Gasteiger partial charge in [-0.3, -0.25) is 9.59 Å². The summed E-state index contributed by atoms with van der Waals surface area (Å²) >= 11 is 5.01. The number of hydrogen-bond donors (Lipinski definition) is 0. The zero-order valence-electron chi connectivity index (χ0n) is 6.85. The largest absolute Gasteiger partial charge is 0.293 e. The standard InChI is InChI=1S/C8H4ClN3O2/c9-8(14)7(13)5-3-1-2-4-6(5)11-12-10/h1-4H. The summed E-state index contributed by atoms with van der Waals surface area (Å²) in [6.07, 6.45) is 0. The van der Waals surface area contributed by atoms with Crippen molar-refractivity contribution in [2.45, 2.75) is 0 Å². The number of ketones is 1. The molecule has 0 spiro atoms. The van der Waals surface area contributed by atoms with Crippen LogP contribution in [0.15, 0.2) is 29.4 Å². The van der Waals surface area contributed by atoms with Gasteiger partial charge >= 0.3 is 0 Å². The molecule has 1 aromatic rings. The summed E-state index contributed by atoms with van der Waals surface area (Å²) in [4.78, 5) is 24.3. The van der Waals surface area contributed by atoms with E-state index in [1.807, 2.05) is 0 Å². The lowest BCUT2D eigenvalue weighted by Crippen LogP contribution is -2.07. The van der Waals surface area contributed by atoms with E-state index in [9.17, 15) is 9.59 Å². The zero-order valence-corrected chi connectivity index (χ0v) is 7.60. The van der Waals surface area contributed by atoms with Crippen LogP contribution in [-0.2, 0) is 4.79 Å². The Balaban J connectivity index is 3.26. The fraction of sp³-hybridized carbons (Fsp3) is 0. The van der Waals surface area contributed by atoms with E-state index in [4.69, 9.17) is 17.1 Å². The van der Waals surface area contributed by atoms with Gasteiger partial charge in [0.25, 0.3) is 5.24 Å². The SMILES string of the molecule is [N-]=[N+]=Nc1ccccc1C(=O)C(=O)Cl. The van der Waals surface area contributed by atoms with Crippen molar-refractivity contribution < 1.29 is 9.59 Å². The normalized spacial score (nSPS) is 8.93. The van der Waals surface area contributed by atoms with Crippen LogP contribution in [0, 0.1) is 0 Å². The summed E-state index contributed by atoms with van der Waals surface area (Å²) in [6, 6.07) is 5.92. The second-order valence-electron chi connectivity index (χ2n) is 2.31. The van der Waals surface area contributed by atoms with E-state index in [1.54, 1.807) is 12.1 Å². The Morgan fingerprint density at radius 2 is 2.00 bits per heavy atom. The highest BCUT2D eigenvalue weighted by atomic mass is 35.5. The second-order valence-corrected chi connectivity index (χ2v) is 2.65. The minimum atomic E-state index is -1.11. The van der Waals surface area contributed by atoms with E-state index in [0.717, 1.165) is 0 Å². The Labute approximate surface area is 83.9 Å². The third-order valence-electron chi connectivity index (χ3n) is 1.48. The minimum Gasteiger partial charge on any atom is -0.284 e. The van der Waals surface area contributed by atoms with Crippen LogP contribution in [0.2, 0.25) is 0 Å². The Morgan fingerprint density at radius 3 is 2.57 bits per heavy atom. The van der Waals surface area contributed by atoms with Crippen molar-refractivity contribution in [2.75, 3.05) is 0 Å². The molecule has 0 fully saturated rings. The van der Waals surface area contributed by atoms with Gasteiger partial charge in [-0.1, -0.05) is 29.4 Å². The number of nitrogens with zero attached hydrogens (tertiary/aromatic N) is 3. The van der Waals surface area contributed by atoms with Crippen LogP contribution in [0.3, 0.4) is 0 Å². The number of azide groups is 1. The molecule has 0 saturated carbocycles. The summed E-state index contributed by atoms with van der Waals surface area (Å²) in [5.74, 6) is -0.880. The number of rotatable bonds is 3. The second kappa shape index (κ2) is 4.41. The third kappa shape index (κ3) is 2.10. The van der Waals surface area contributed by atoms with Crippen molar-refractivity contribution in [3.05, 3.63) is 40.3 Å². The summed E-state index contributed by atoms with van der Waals surface area (Å²) in [7, 11) is 0. The Morgan fingerprint density at radius 1 is 1.36 bits per heavy atom. The molecular formula is C8H4ClN3O2. The molecule has 0 aromatic heterocycles. The lowest BCUT2D eigenvalue weighted by Gasteiger charge is -1.98. The monoisotopic (exact) mass is 209 g/mol. The van der Waals surface area contributed by atoms with Crippen LogP contribution in [0.1, 0.15) is 10.4 Å². The molecule has 0 amide bonds. The molecule has 1 aromatic carbocycles. The van der Waals surface area contributed by atoms with Crippen molar-refractivity contribution in [3.8, 4) is 0 Å². The van der Waals surface area contributed by atoms with Gasteiger partial charge < -0.3 is 0 Å². The predicted octanol–water partition coefficient (Wildman–Crippen LogP) is 2.58. The number of hydrogen-bond acceptors (Lipinski definition) is 3. The molecule has 0 radical (unpaired) electrons. The van der Waals surface area contributed by atoms with Crippen LogP contribution >= 0.6 is 11.6 Å². The summed E-state index contributed by atoms with van der Waals surface area (Å²) in [6.45, 7) is 0. The summed E-state index contributed by atoms with van der Waals surface area (Å²) in [5, 5.41) is 2.15. The maximum atomic E-state index is 11.2. The molecule has 0 bridgehead atoms. The van der Waals surface area contributed by atoms with Gasteiger partial charge in [-0.25, -0.2) is 0 Å². The van der Waals surface area contributed by atoms with E-state index in [0.29, 0.717) is 0 Å². The van der Waals surface area contributed by atoms with Crippen LogP contribution < -0.4 is 0 Å². The van der Waals surface area contributed by atoms with Gasteiger partial charge in [-0.2, -0.15) is 0 Å². The Bertz CT molecular complexity index is 438. The van der Waals surface area contributed by atoms with Crippen LogP contribution in [-0.4, -0.2) is 11.0 Å². The van der Waals surface area contributed by atoms with Gasteiger partial charge in [0.15, 0.2) is 0 Å². The average Bonchev–Trinajstić information content (AvgIpc) is 2.18. The fourth-order valence-electron chi connectivity index (χ4n) is 0.907. The van der Waals surface area contributed by atoms with Crippen LogP contribution in [0.5, 0.6) is 0 Å². The van der Waals surface area contributed by atoms with Gasteiger partial charge in [0.2, 0.25) is 5.78 Å². The number of carbonyl (C=O) groups is 2. The highest BCUT2D eigenvalue weighted by molar-refractivity contribution is 6.83. The maximum absolute atomic E-state index is 11.2. The molecular weight excluding hydrogens is 206 g/mol. The number of Topliss-reactive ketones (excluding diaryl/α,β-unsaturated/α-hetero) is 1. The Kier molecular flexibility index (Phi) is 3.23. The van der Waals surface area contributed by atoms with Crippen molar-refractivity contribution >= 4 is 28.3 Å². The van der Waals surface area contributed by atoms with Gasteiger partial charge in [-0.15, -0.1) is 0 Å². The first kappa shape index (κ1) is 10.2. The maximum Gasteiger partial charge on any atom is 0.293 e. The van der Waals surface area contributed by atoms with E-state index in [-0.39, 0.29) is 11.3 Å². The van der Waals surface area contributed by atoms with E-state index in [1.165, 1.54) is 12.1 Å². The summed E-state index contributed by atoms with van der Waals surface area (Å²) < 4.78 is 0. The first-order chi connectivity index (χ1) is 6.66. The molecule has 0 aliphatic carbocycles. The van der Waals surface area contributed by atoms with Gasteiger partial charge in [0, 0.05) is 16.2 Å². The lowest BCUT2D eigenvalue weighted by molar-refractivity contribution is -0.108. The van der Waals surface area contributed by atoms with Crippen LogP contribution in [0.4, 0.5) is 5.69 Å². The molecule has 6 heteroatoms. The smallest absolute Gasteiger partial charge is 0.284 e. The predicted molar refractivity (Wildman–Crippen MR) is 50.4 cm³/mol. The van der Waals surface area contributed by atoms with E-state index >= 15 is 0 Å². The number of halogens is 1. The van der Waals surface area contributed by atoms with Crippen molar-refractivity contribution in [1.82, 2.24) is 0 Å². The van der Waals surface area contributed by atoms with Gasteiger partial charge in [-0.05, 0) is 17.1 Å². The zero-order chi connectivity index (χ0) is 10.6. The topological polar surface area (TPSA) is 82.9 Å². The van der Waals surface area contributed by atoms with E-state index in [2.05, 4.69) is 10.0 Å². The quantitative estimate of drug-likeness (QED) is 0.191. The summed E-state index contributed by atoms with van der Waals surface area (Å²) in [5.41, 5.74) is 8.29. The Hall–Kier alpha value is -1.84. The lowest BCUT2D eigenvalue weighted by atomic mass is 10.1. The minimum absolute atomic E-state index is 0.00491. The molecule has 0 N–H and O–H groups in total. The first-order valence-corrected chi connectivity index (χ1v) is 3.93. The molecule has 0 aliphatic rings. The molecule has 0 unspecified atom stereocenters. The number of benzene rings is 1. The molecule has 0 saturated heterocycles.